The topological polar surface area (TPSA) is 51.7 Å². The number of hydrogen-bond acceptors (Lipinski definition) is 5. The van der Waals surface area contributed by atoms with E-state index in [0.717, 1.165) is 49.4 Å². The minimum Gasteiger partial charge on any atom is -0.417 e. The van der Waals surface area contributed by atoms with Gasteiger partial charge >= 0.3 is 0 Å². The fourth-order valence-electron chi connectivity index (χ4n) is 3.79. The Morgan fingerprint density at radius 3 is 2.54 bits per heavy atom. The van der Waals surface area contributed by atoms with Gasteiger partial charge in [-0.2, -0.15) is 0 Å². The number of thiazole rings is 1. The molecule has 2 aliphatic rings. The molecule has 0 radical (unpaired) electrons. The summed E-state index contributed by atoms with van der Waals surface area (Å²) in [6.07, 6.45) is 4.85. The Bertz CT molecular complexity index is 677. The molecule has 1 aliphatic heterocycles. The van der Waals surface area contributed by atoms with Crippen LogP contribution in [-0.4, -0.2) is 37.5 Å². The summed E-state index contributed by atoms with van der Waals surface area (Å²) in [6, 6.07) is -0.0166. The highest BCUT2D eigenvalue weighted by Crippen LogP contribution is 2.39. The van der Waals surface area contributed by atoms with Crippen LogP contribution in [0.2, 0.25) is 18.1 Å². The van der Waals surface area contributed by atoms with Crippen molar-refractivity contribution in [3.63, 3.8) is 0 Å². The van der Waals surface area contributed by atoms with Gasteiger partial charge in [0.25, 0.3) is 0 Å². The van der Waals surface area contributed by atoms with Gasteiger partial charge in [0.05, 0.1) is 17.3 Å². The first-order valence-electron chi connectivity index (χ1n) is 10.6. The molecule has 158 valence electrons. The van der Waals surface area contributed by atoms with Crippen LogP contribution < -0.4 is 0 Å². The summed E-state index contributed by atoms with van der Waals surface area (Å²) in [5.74, 6) is 0.802. The third kappa shape index (κ3) is 4.86. The number of carbonyl (C=O) groups excluding carboxylic acids is 1. The third-order valence-corrected chi connectivity index (χ3v) is 12.1. The molecule has 28 heavy (non-hydrogen) atoms. The average molecular weight is 425 g/mol. The third-order valence-electron chi connectivity index (χ3n) is 6.78. The predicted molar refractivity (Wildman–Crippen MR) is 116 cm³/mol. The molecule has 1 saturated heterocycles. The lowest BCUT2D eigenvalue weighted by Gasteiger charge is -2.38. The van der Waals surface area contributed by atoms with Gasteiger partial charge in [-0.1, -0.05) is 20.8 Å². The molecule has 1 aromatic heterocycles. The van der Waals surface area contributed by atoms with Crippen LogP contribution in [0.3, 0.4) is 0 Å². The summed E-state index contributed by atoms with van der Waals surface area (Å²) >= 11 is 1.63. The Kier molecular flexibility index (Phi) is 6.69. The molecular weight excluding hydrogens is 388 g/mol. The molecule has 0 unspecified atom stereocenters. The van der Waals surface area contributed by atoms with E-state index in [2.05, 4.69) is 44.2 Å². The first kappa shape index (κ1) is 21.9. The van der Waals surface area contributed by atoms with E-state index in [1.807, 2.05) is 6.92 Å². The van der Waals surface area contributed by atoms with Gasteiger partial charge in [0.15, 0.2) is 8.32 Å². The minimum absolute atomic E-state index is 0.0166. The molecule has 1 aliphatic carbocycles. The number of hydroxylamine groups is 2. The standard InChI is InChI=1S/C21H36N2O3SSi/c1-15-22-18(14-27-15)19-11-12-25-23(19)20(24)17-9-7-16(8-10-17)13-26-28(5,6)21(2,3)4/h14,16-17,19H,7-13H2,1-6H3/t16?,17?,19-/m0/s1. The van der Waals surface area contributed by atoms with E-state index in [-0.39, 0.29) is 22.9 Å². The maximum Gasteiger partial charge on any atom is 0.249 e. The molecule has 5 nitrogen and oxygen atoms in total. The summed E-state index contributed by atoms with van der Waals surface area (Å²) in [5.41, 5.74) is 0.977. The Labute approximate surface area is 174 Å². The van der Waals surface area contributed by atoms with Crippen molar-refractivity contribution in [2.45, 2.75) is 84.0 Å². The van der Waals surface area contributed by atoms with E-state index in [1.54, 1.807) is 16.4 Å². The molecular formula is C21H36N2O3SSi. The number of nitrogens with zero attached hydrogens (tertiary/aromatic N) is 2. The first-order chi connectivity index (χ1) is 13.1. The maximum absolute atomic E-state index is 13.1. The zero-order valence-corrected chi connectivity index (χ0v) is 20.1. The lowest BCUT2D eigenvalue weighted by atomic mass is 9.82. The van der Waals surface area contributed by atoms with E-state index in [9.17, 15) is 4.79 Å². The summed E-state index contributed by atoms with van der Waals surface area (Å²) in [7, 11) is -1.69. The highest BCUT2D eigenvalue weighted by Gasteiger charge is 2.40. The molecule has 0 N–H and O–H groups in total. The van der Waals surface area contributed by atoms with Gasteiger partial charge in [0.1, 0.15) is 6.04 Å². The van der Waals surface area contributed by atoms with Gasteiger partial charge in [-0.05, 0) is 56.7 Å². The molecule has 2 fully saturated rings. The number of amides is 1. The van der Waals surface area contributed by atoms with Crippen molar-refractivity contribution in [1.82, 2.24) is 10.0 Å². The van der Waals surface area contributed by atoms with E-state index < -0.39 is 8.32 Å². The second kappa shape index (κ2) is 8.54. The van der Waals surface area contributed by atoms with E-state index >= 15 is 0 Å². The summed E-state index contributed by atoms with van der Waals surface area (Å²) in [6.45, 7) is 14.9. The van der Waals surface area contributed by atoms with Gasteiger partial charge in [-0.15, -0.1) is 11.3 Å². The van der Waals surface area contributed by atoms with Gasteiger partial charge in [-0.3, -0.25) is 9.63 Å². The Hall–Kier alpha value is -0.763. The highest BCUT2D eigenvalue weighted by molar-refractivity contribution is 7.09. The smallest absolute Gasteiger partial charge is 0.249 e. The maximum atomic E-state index is 13.1. The minimum atomic E-state index is -1.69. The number of rotatable bonds is 5. The summed E-state index contributed by atoms with van der Waals surface area (Å²) < 4.78 is 6.42. The van der Waals surface area contributed by atoms with E-state index in [1.165, 1.54) is 0 Å². The summed E-state index contributed by atoms with van der Waals surface area (Å²) in [5, 5.41) is 4.97. The second-order valence-corrected chi connectivity index (χ2v) is 15.8. The van der Waals surface area contributed by atoms with Crippen LogP contribution in [0.1, 0.15) is 69.6 Å². The van der Waals surface area contributed by atoms with Crippen LogP contribution >= 0.6 is 11.3 Å². The molecule has 0 bridgehead atoms. The van der Waals surface area contributed by atoms with Crippen molar-refractivity contribution in [3.05, 3.63) is 16.1 Å². The van der Waals surface area contributed by atoms with Gasteiger partial charge in [-0.25, -0.2) is 10.0 Å². The monoisotopic (exact) mass is 424 g/mol. The number of hydrogen-bond donors (Lipinski definition) is 0. The SMILES string of the molecule is Cc1nc([C@@H]2CCON2C(=O)C2CCC(CO[Si](C)(C)C(C)(C)C)CC2)cs1. The second-order valence-electron chi connectivity index (χ2n) is 9.88. The molecule has 1 atom stereocenters. The zero-order chi connectivity index (χ0) is 20.5. The van der Waals surface area contributed by atoms with Crippen molar-refractivity contribution in [2.75, 3.05) is 13.2 Å². The van der Waals surface area contributed by atoms with Gasteiger partial charge in [0.2, 0.25) is 5.91 Å². The van der Waals surface area contributed by atoms with Crippen molar-refractivity contribution >= 4 is 25.6 Å². The lowest BCUT2D eigenvalue weighted by Crippen LogP contribution is -2.42. The molecule has 0 aromatic carbocycles. The number of carbonyl (C=O) groups is 1. The van der Waals surface area contributed by atoms with Crippen LogP contribution in [0.25, 0.3) is 0 Å². The normalized spacial score (nSPS) is 26.6. The fourth-order valence-corrected chi connectivity index (χ4v) is 5.53. The molecule has 0 spiro atoms. The van der Waals surface area contributed by atoms with Crippen LogP contribution in [0.5, 0.6) is 0 Å². The number of aromatic nitrogens is 1. The summed E-state index contributed by atoms with van der Waals surface area (Å²) in [4.78, 5) is 23.4. The fraction of sp³-hybridized carbons (Fsp3) is 0.810. The molecule has 7 heteroatoms. The Morgan fingerprint density at radius 1 is 1.29 bits per heavy atom. The first-order valence-corrected chi connectivity index (χ1v) is 14.4. The largest absolute Gasteiger partial charge is 0.417 e. The zero-order valence-electron chi connectivity index (χ0n) is 18.3. The molecule has 1 amide bonds. The van der Waals surface area contributed by atoms with Crippen molar-refractivity contribution in [1.29, 1.82) is 0 Å². The van der Waals surface area contributed by atoms with Crippen molar-refractivity contribution in [2.24, 2.45) is 11.8 Å². The van der Waals surface area contributed by atoms with Crippen LogP contribution in [0.15, 0.2) is 5.38 Å². The molecule has 2 heterocycles. The average Bonchev–Trinajstić information content (AvgIpc) is 3.27. The van der Waals surface area contributed by atoms with E-state index in [4.69, 9.17) is 9.26 Å². The predicted octanol–water partition coefficient (Wildman–Crippen LogP) is 5.48. The van der Waals surface area contributed by atoms with E-state index in [0.29, 0.717) is 12.5 Å². The molecule has 3 rings (SSSR count). The molecule has 1 aromatic rings. The number of aryl methyl sites for hydroxylation is 1. The lowest BCUT2D eigenvalue weighted by molar-refractivity contribution is -0.183. The van der Waals surface area contributed by atoms with Crippen LogP contribution in [0.4, 0.5) is 0 Å². The van der Waals surface area contributed by atoms with Crippen molar-refractivity contribution in [3.8, 4) is 0 Å². The quantitative estimate of drug-likeness (QED) is 0.587. The van der Waals surface area contributed by atoms with Crippen LogP contribution in [-0.2, 0) is 14.1 Å². The molecule has 1 saturated carbocycles. The van der Waals surface area contributed by atoms with Gasteiger partial charge < -0.3 is 4.43 Å². The van der Waals surface area contributed by atoms with Crippen molar-refractivity contribution < 1.29 is 14.1 Å². The highest BCUT2D eigenvalue weighted by atomic mass is 32.1. The Morgan fingerprint density at radius 2 is 1.96 bits per heavy atom. The van der Waals surface area contributed by atoms with Gasteiger partial charge in [0, 0.05) is 24.3 Å². The van der Waals surface area contributed by atoms with Crippen LogP contribution in [0, 0.1) is 18.8 Å². The Balaban J connectivity index is 1.51.